The van der Waals surface area contributed by atoms with E-state index in [1.54, 1.807) is 0 Å². The van der Waals surface area contributed by atoms with Crippen LogP contribution in [0.1, 0.15) is 25.5 Å². The van der Waals surface area contributed by atoms with Crippen LogP contribution in [0, 0.1) is 0 Å². The molecule has 1 N–H and O–H groups in total. The number of hydrogen-bond acceptors (Lipinski definition) is 3. The van der Waals surface area contributed by atoms with Gasteiger partial charge in [0.25, 0.3) is 0 Å². The minimum absolute atomic E-state index is 0.585. The molecule has 0 bridgehead atoms. The smallest absolute Gasteiger partial charge is 0.229 e. The first kappa shape index (κ1) is 13.0. The lowest BCUT2D eigenvalue weighted by Crippen LogP contribution is -2.10. The highest BCUT2D eigenvalue weighted by atomic mass is 32.2. The van der Waals surface area contributed by atoms with E-state index in [4.69, 9.17) is 4.42 Å². The summed E-state index contributed by atoms with van der Waals surface area (Å²) in [7, 11) is -3.30. The molecule has 5 heteroatoms. The van der Waals surface area contributed by atoms with Crippen molar-refractivity contribution in [3.8, 4) is 0 Å². The lowest BCUT2D eigenvalue weighted by atomic mass is 10.1. The van der Waals surface area contributed by atoms with Crippen LogP contribution in [0.5, 0.6) is 0 Å². The Hall–Kier alpha value is -1.49. The summed E-state index contributed by atoms with van der Waals surface area (Å²) in [6.07, 6.45) is 3.90. The average Bonchev–Trinajstić information content (AvgIpc) is 2.63. The van der Waals surface area contributed by atoms with Crippen LogP contribution >= 0.6 is 0 Å². The summed E-state index contributed by atoms with van der Waals surface area (Å²) in [6, 6.07) is 7.45. The topological polar surface area (TPSA) is 59.3 Å². The molecule has 18 heavy (non-hydrogen) atoms. The number of sulfonamides is 1. The summed E-state index contributed by atoms with van der Waals surface area (Å²) in [5, 5.41) is 0.814. The highest BCUT2D eigenvalue weighted by Crippen LogP contribution is 2.32. The van der Waals surface area contributed by atoms with Crippen LogP contribution in [0.4, 0.5) is 5.69 Å². The Morgan fingerprint density at radius 2 is 2.00 bits per heavy atom. The van der Waals surface area contributed by atoms with Crippen molar-refractivity contribution < 1.29 is 12.8 Å². The molecule has 0 atom stereocenters. The molecule has 0 amide bonds. The summed E-state index contributed by atoms with van der Waals surface area (Å²) >= 11 is 0. The first-order chi connectivity index (χ1) is 8.51. The highest BCUT2D eigenvalue weighted by molar-refractivity contribution is 7.92. The molecule has 4 nitrogen and oxygen atoms in total. The second-order valence-corrected chi connectivity index (χ2v) is 6.12. The molecule has 98 valence electrons. The molecule has 0 unspecified atom stereocenters. The molecule has 0 aliphatic rings. The number of rotatable bonds is 5. The predicted molar refractivity (Wildman–Crippen MR) is 73.3 cm³/mol. The van der Waals surface area contributed by atoms with Crippen LogP contribution in [0.3, 0.4) is 0 Å². The third kappa shape index (κ3) is 2.85. The maximum absolute atomic E-state index is 11.4. The third-order valence-electron chi connectivity index (χ3n) is 2.71. The fourth-order valence-electron chi connectivity index (χ4n) is 1.91. The van der Waals surface area contributed by atoms with Crippen molar-refractivity contribution in [1.82, 2.24) is 0 Å². The lowest BCUT2D eigenvalue weighted by Gasteiger charge is -2.04. The number of para-hydroxylation sites is 1. The normalized spacial score (nSPS) is 11.9. The molecule has 2 aromatic rings. The molecule has 1 aromatic carbocycles. The Balaban J connectivity index is 2.50. The number of anilines is 1. The minimum atomic E-state index is -3.30. The summed E-state index contributed by atoms with van der Waals surface area (Å²) in [4.78, 5) is 0. The van der Waals surface area contributed by atoms with Gasteiger partial charge in [-0.25, -0.2) is 8.42 Å². The zero-order valence-corrected chi connectivity index (χ0v) is 11.4. The molecule has 0 aliphatic carbocycles. The molecule has 1 heterocycles. The van der Waals surface area contributed by atoms with E-state index < -0.39 is 10.0 Å². The Morgan fingerprint density at radius 1 is 1.28 bits per heavy atom. The number of furan rings is 1. The monoisotopic (exact) mass is 267 g/mol. The largest absolute Gasteiger partial charge is 0.459 e. The first-order valence-corrected chi connectivity index (χ1v) is 7.88. The molecule has 0 saturated carbocycles. The van der Waals surface area contributed by atoms with Crippen LogP contribution in [0.15, 0.2) is 28.7 Å². The lowest BCUT2D eigenvalue weighted by molar-refractivity contribution is 0.538. The van der Waals surface area contributed by atoms with Crippen LogP contribution in [-0.4, -0.2) is 14.7 Å². The third-order valence-corrected chi connectivity index (χ3v) is 3.29. The van der Waals surface area contributed by atoms with Crippen LogP contribution in [0.2, 0.25) is 0 Å². The van der Waals surface area contributed by atoms with Gasteiger partial charge in [0, 0.05) is 11.8 Å². The van der Waals surface area contributed by atoms with Crippen molar-refractivity contribution >= 4 is 26.7 Å². The van der Waals surface area contributed by atoms with E-state index in [0.29, 0.717) is 11.4 Å². The highest BCUT2D eigenvalue weighted by Gasteiger charge is 2.16. The molecule has 0 radical (unpaired) electrons. The van der Waals surface area contributed by atoms with E-state index in [1.807, 2.05) is 24.3 Å². The second kappa shape index (κ2) is 5.02. The van der Waals surface area contributed by atoms with E-state index in [0.717, 1.165) is 36.5 Å². The van der Waals surface area contributed by atoms with E-state index in [9.17, 15) is 8.42 Å². The molecular formula is C13H17NO3S. The quantitative estimate of drug-likeness (QED) is 0.905. The molecule has 1 aromatic heterocycles. The minimum Gasteiger partial charge on any atom is -0.459 e. The van der Waals surface area contributed by atoms with Gasteiger partial charge in [-0.1, -0.05) is 25.5 Å². The van der Waals surface area contributed by atoms with E-state index in [2.05, 4.69) is 11.6 Å². The summed E-state index contributed by atoms with van der Waals surface area (Å²) < 4.78 is 31.1. The molecule has 0 saturated heterocycles. The standard InChI is InChI=1S/C13H17NO3S/c1-3-4-8-12-13(14-18(2,15)16)10-7-5-6-9-11(10)17-12/h5-7,9,14H,3-4,8H2,1-2H3. The molecule has 2 rings (SSSR count). The van der Waals surface area contributed by atoms with Crippen LogP contribution in [0.25, 0.3) is 11.0 Å². The van der Waals surface area contributed by atoms with Crippen molar-refractivity contribution in [2.24, 2.45) is 0 Å². The Kier molecular flexibility index (Phi) is 3.61. The molecule has 0 spiro atoms. The van der Waals surface area contributed by atoms with Crippen LogP contribution in [-0.2, 0) is 16.4 Å². The van der Waals surface area contributed by atoms with Crippen molar-refractivity contribution in [1.29, 1.82) is 0 Å². The summed E-state index contributed by atoms with van der Waals surface area (Å²) in [5.41, 5.74) is 1.30. The molecule has 0 fully saturated rings. The van der Waals surface area contributed by atoms with E-state index in [-0.39, 0.29) is 0 Å². The number of unbranched alkanes of at least 4 members (excludes halogenated alkanes) is 1. The van der Waals surface area contributed by atoms with E-state index in [1.165, 1.54) is 0 Å². The maximum atomic E-state index is 11.4. The number of hydrogen-bond donors (Lipinski definition) is 1. The van der Waals surface area contributed by atoms with Gasteiger partial charge in [0.1, 0.15) is 11.3 Å². The molecular weight excluding hydrogens is 250 g/mol. The Bertz CT molecular complexity index is 643. The SMILES string of the molecule is CCCCc1oc2ccccc2c1NS(C)(=O)=O. The average molecular weight is 267 g/mol. The van der Waals surface area contributed by atoms with Gasteiger partial charge >= 0.3 is 0 Å². The van der Waals surface area contributed by atoms with Gasteiger partial charge in [0.05, 0.1) is 11.9 Å². The van der Waals surface area contributed by atoms with Gasteiger partial charge in [0.15, 0.2) is 0 Å². The van der Waals surface area contributed by atoms with Crippen molar-refractivity contribution in [2.45, 2.75) is 26.2 Å². The fourth-order valence-corrected chi connectivity index (χ4v) is 2.50. The van der Waals surface area contributed by atoms with Crippen LogP contribution < -0.4 is 4.72 Å². The summed E-state index contributed by atoms with van der Waals surface area (Å²) in [6.45, 7) is 2.09. The maximum Gasteiger partial charge on any atom is 0.229 e. The number of aryl methyl sites for hydroxylation is 1. The van der Waals surface area contributed by atoms with Gasteiger partial charge in [-0.15, -0.1) is 0 Å². The van der Waals surface area contributed by atoms with Crippen molar-refractivity contribution in [3.63, 3.8) is 0 Å². The van der Waals surface area contributed by atoms with Gasteiger partial charge in [-0.3, -0.25) is 4.72 Å². The zero-order chi connectivity index (χ0) is 13.2. The van der Waals surface area contributed by atoms with Gasteiger partial charge in [-0.2, -0.15) is 0 Å². The second-order valence-electron chi connectivity index (χ2n) is 4.37. The van der Waals surface area contributed by atoms with Gasteiger partial charge < -0.3 is 4.42 Å². The number of fused-ring (bicyclic) bond motifs is 1. The fraction of sp³-hybridized carbons (Fsp3) is 0.385. The first-order valence-electron chi connectivity index (χ1n) is 5.99. The number of nitrogens with one attached hydrogen (secondary N) is 1. The Morgan fingerprint density at radius 3 is 2.67 bits per heavy atom. The Labute approximate surface area is 107 Å². The number of benzene rings is 1. The summed E-state index contributed by atoms with van der Waals surface area (Å²) in [5.74, 6) is 0.712. The zero-order valence-electron chi connectivity index (χ0n) is 10.6. The molecule has 0 aliphatic heterocycles. The van der Waals surface area contributed by atoms with Gasteiger partial charge in [-0.05, 0) is 18.6 Å². The van der Waals surface area contributed by atoms with E-state index >= 15 is 0 Å². The van der Waals surface area contributed by atoms with Crippen molar-refractivity contribution in [2.75, 3.05) is 11.0 Å². The van der Waals surface area contributed by atoms with Crippen molar-refractivity contribution in [3.05, 3.63) is 30.0 Å². The van der Waals surface area contributed by atoms with Gasteiger partial charge in [0.2, 0.25) is 10.0 Å². The predicted octanol–water partition coefficient (Wildman–Crippen LogP) is 3.15.